The van der Waals surface area contributed by atoms with Crippen LogP contribution in [0.15, 0.2) is 18.2 Å². The number of carbonyl (C=O) groups is 2. The van der Waals surface area contributed by atoms with Gasteiger partial charge in [-0.05, 0) is 18.1 Å². The molecule has 1 aromatic rings. The zero-order chi connectivity index (χ0) is 15.3. The number of amides is 2. The van der Waals surface area contributed by atoms with Crippen LogP contribution < -0.4 is 10.6 Å². The van der Waals surface area contributed by atoms with Crippen molar-refractivity contribution in [1.82, 2.24) is 5.32 Å². The van der Waals surface area contributed by atoms with E-state index in [0.717, 1.165) is 12.1 Å². The van der Waals surface area contributed by atoms with Gasteiger partial charge in [-0.25, -0.2) is 18.4 Å². The molecule has 0 saturated heterocycles. The summed E-state index contributed by atoms with van der Waals surface area (Å²) in [5, 5.41) is 13.4. The number of aliphatic carboxylic acids is 1. The van der Waals surface area contributed by atoms with E-state index in [1.54, 1.807) is 13.8 Å². The summed E-state index contributed by atoms with van der Waals surface area (Å²) in [5.41, 5.74) is -0.225. The van der Waals surface area contributed by atoms with Gasteiger partial charge in [-0.1, -0.05) is 20.3 Å². The second kappa shape index (κ2) is 6.83. The van der Waals surface area contributed by atoms with Crippen LogP contribution in [0.2, 0.25) is 0 Å². The van der Waals surface area contributed by atoms with Crippen molar-refractivity contribution >= 4 is 17.7 Å². The largest absolute Gasteiger partial charge is 0.480 e. The van der Waals surface area contributed by atoms with Crippen LogP contribution in [0, 0.1) is 17.6 Å². The van der Waals surface area contributed by atoms with Crippen LogP contribution in [0.5, 0.6) is 0 Å². The molecule has 2 amide bonds. The maximum Gasteiger partial charge on any atom is 0.326 e. The number of benzene rings is 1. The van der Waals surface area contributed by atoms with Crippen LogP contribution in [0.25, 0.3) is 0 Å². The van der Waals surface area contributed by atoms with E-state index < -0.39 is 29.7 Å². The van der Waals surface area contributed by atoms with Crippen LogP contribution in [-0.4, -0.2) is 23.1 Å². The molecule has 0 saturated carbocycles. The summed E-state index contributed by atoms with van der Waals surface area (Å²) in [6, 6.07) is 0.733. The molecule has 0 aromatic heterocycles. The number of hydrogen-bond donors (Lipinski definition) is 3. The minimum atomic E-state index is -1.17. The molecule has 1 rings (SSSR count). The van der Waals surface area contributed by atoms with E-state index in [4.69, 9.17) is 5.11 Å². The van der Waals surface area contributed by atoms with Crippen LogP contribution in [0.1, 0.15) is 20.3 Å². The molecule has 0 heterocycles. The Labute approximate surface area is 115 Å². The van der Waals surface area contributed by atoms with Gasteiger partial charge in [-0.3, -0.25) is 0 Å². The lowest BCUT2D eigenvalue weighted by Crippen LogP contribution is -2.46. The fraction of sp³-hybridized carbons (Fsp3) is 0.385. The van der Waals surface area contributed by atoms with Gasteiger partial charge < -0.3 is 15.7 Å². The van der Waals surface area contributed by atoms with Gasteiger partial charge in [0.2, 0.25) is 0 Å². The number of carbonyl (C=O) groups excluding carboxylic acids is 1. The molecule has 2 atom stereocenters. The molecule has 1 unspecified atom stereocenters. The Morgan fingerprint density at radius 1 is 1.35 bits per heavy atom. The Morgan fingerprint density at radius 2 is 2.00 bits per heavy atom. The van der Waals surface area contributed by atoms with E-state index in [0.29, 0.717) is 12.5 Å². The smallest absolute Gasteiger partial charge is 0.326 e. The van der Waals surface area contributed by atoms with E-state index in [1.165, 1.54) is 0 Å². The number of carboxylic acid groups (broad SMARTS) is 1. The third-order valence-electron chi connectivity index (χ3n) is 2.94. The summed E-state index contributed by atoms with van der Waals surface area (Å²) in [4.78, 5) is 22.7. The van der Waals surface area contributed by atoms with E-state index >= 15 is 0 Å². The maximum atomic E-state index is 13.3. The lowest BCUT2D eigenvalue weighted by molar-refractivity contribution is -0.140. The lowest BCUT2D eigenvalue weighted by atomic mass is 9.99. The Balaban J connectivity index is 2.73. The van der Waals surface area contributed by atoms with Crippen molar-refractivity contribution in [3.63, 3.8) is 0 Å². The number of halogens is 2. The first-order valence-electron chi connectivity index (χ1n) is 6.10. The highest BCUT2D eigenvalue weighted by molar-refractivity contribution is 5.92. The number of rotatable bonds is 5. The molecule has 0 bridgehead atoms. The Bertz CT molecular complexity index is 508. The van der Waals surface area contributed by atoms with Crippen LogP contribution in [0.4, 0.5) is 19.3 Å². The van der Waals surface area contributed by atoms with Gasteiger partial charge >= 0.3 is 12.0 Å². The highest BCUT2D eigenvalue weighted by atomic mass is 19.1. The normalized spacial score (nSPS) is 13.4. The number of hydrogen-bond acceptors (Lipinski definition) is 2. The summed E-state index contributed by atoms with van der Waals surface area (Å²) in [6.07, 6.45) is 0.558. The highest BCUT2D eigenvalue weighted by Gasteiger charge is 2.25. The fourth-order valence-corrected chi connectivity index (χ4v) is 1.57. The molecule has 0 fully saturated rings. The van der Waals surface area contributed by atoms with Crippen molar-refractivity contribution in [2.75, 3.05) is 5.32 Å². The SMILES string of the molecule is CCC(C)[C@H](NC(=O)Nc1ccc(F)cc1F)C(=O)O. The van der Waals surface area contributed by atoms with E-state index in [9.17, 15) is 18.4 Å². The number of nitrogens with one attached hydrogen (secondary N) is 2. The first kappa shape index (κ1) is 15.9. The topological polar surface area (TPSA) is 78.4 Å². The lowest BCUT2D eigenvalue weighted by Gasteiger charge is -2.20. The van der Waals surface area contributed by atoms with Crippen molar-refractivity contribution < 1.29 is 23.5 Å². The van der Waals surface area contributed by atoms with Gasteiger partial charge in [0.15, 0.2) is 0 Å². The molecule has 0 radical (unpaired) electrons. The third kappa shape index (κ3) is 4.18. The maximum absolute atomic E-state index is 13.3. The molecule has 0 aliphatic carbocycles. The third-order valence-corrected chi connectivity index (χ3v) is 2.94. The van der Waals surface area contributed by atoms with Crippen LogP contribution in [-0.2, 0) is 4.79 Å². The van der Waals surface area contributed by atoms with Gasteiger partial charge in [0, 0.05) is 6.07 Å². The van der Waals surface area contributed by atoms with Gasteiger partial charge in [-0.15, -0.1) is 0 Å². The van der Waals surface area contributed by atoms with E-state index in [-0.39, 0.29) is 11.6 Å². The predicted molar refractivity (Wildman–Crippen MR) is 69.4 cm³/mol. The van der Waals surface area contributed by atoms with Crippen molar-refractivity contribution in [3.05, 3.63) is 29.8 Å². The molecule has 0 spiro atoms. The van der Waals surface area contributed by atoms with Gasteiger partial charge in [-0.2, -0.15) is 0 Å². The molecule has 0 aliphatic rings. The number of anilines is 1. The molecule has 3 N–H and O–H groups in total. The standard InChI is InChI=1S/C13H16F2N2O3/c1-3-7(2)11(12(18)19)17-13(20)16-10-5-4-8(14)6-9(10)15/h4-7,11H,3H2,1-2H3,(H,18,19)(H2,16,17,20)/t7?,11-/m0/s1. The van der Waals surface area contributed by atoms with Crippen molar-refractivity contribution in [3.8, 4) is 0 Å². The second-order valence-corrected chi connectivity index (χ2v) is 4.42. The van der Waals surface area contributed by atoms with Crippen molar-refractivity contribution in [2.24, 2.45) is 5.92 Å². The number of urea groups is 1. The van der Waals surface area contributed by atoms with Crippen LogP contribution in [0.3, 0.4) is 0 Å². The zero-order valence-corrected chi connectivity index (χ0v) is 11.1. The van der Waals surface area contributed by atoms with Crippen molar-refractivity contribution in [1.29, 1.82) is 0 Å². The van der Waals surface area contributed by atoms with E-state index in [1.807, 2.05) is 0 Å². The molecule has 7 heteroatoms. The molecular weight excluding hydrogens is 270 g/mol. The van der Waals surface area contributed by atoms with Gasteiger partial charge in [0.1, 0.15) is 17.7 Å². The fourth-order valence-electron chi connectivity index (χ4n) is 1.57. The second-order valence-electron chi connectivity index (χ2n) is 4.42. The van der Waals surface area contributed by atoms with Crippen molar-refractivity contribution in [2.45, 2.75) is 26.3 Å². The minimum absolute atomic E-state index is 0.225. The average Bonchev–Trinajstić information content (AvgIpc) is 2.38. The average molecular weight is 286 g/mol. The first-order valence-corrected chi connectivity index (χ1v) is 6.10. The summed E-state index contributed by atoms with van der Waals surface area (Å²) in [5.74, 6) is -3.16. The summed E-state index contributed by atoms with van der Waals surface area (Å²) >= 11 is 0. The Morgan fingerprint density at radius 3 is 2.50 bits per heavy atom. The van der Waals surface area contributed by atoms with E-state index in [2.05, 4.69) is 10.6 Å². The zero-order valence-electron chi connectivity index (χ0n) is 11.1. The molecular formula is C13H16F2N2O3. The minimum Gasteiger partial charge on any atom is -0.480 e. The molecule has 110 valence electrons. The van der Waals surface area contributed by atoms with Gasteiger partial charge in [0.05, 0.1) is 5.69 Å². The summed E-state index contributed by atoms with van der Waals surface area (Å²) < 4.78 is 26.0. The Hall–Kier alpha value is -2.18. The monoisotopic (exact) mass is 286 g/mol. The number of carboxylic acids is 1. The first-order chi connectivity index (χ1) is 9.35. The molecule has 5 nitrogen and oxygen atoms in total. The summed E-state index contributed by atoms with van der Waals surface area (Å²) in [6.45, 7) is 3.47. The quantitative estimate of drug-likeness (QED) is 0.778. The molecule has 1 aromatic carbocycles. The highest BCUT2D eigenvalue weighted by Crippen LogP contribution is 2.15. The van der Waals surface area contributed by atoms with Gasteiger partial charge in [0.25, 0.3) is 0 Å². The summed E-state index contributed by atoms with van der Waals surface area (Å²) in [7, 11) is 0. The van der Waals surface area contributed by atoms with Crippen LogP contribution >= 0.6 is 0 Å². The predicted octanol–water partition coefficient (Wildman–Crippen LogP) is 2.59. The Kier molecular flexibility index (Phi) is 5.42. The molecule has 20 heavy (non-hydrogen) atoms. The molecule has 0 aliphatic heterocycles.